The van der Waals surface area contributed by atoms with Crippen molar-refractivity contribution in [3.8, 4) is 5.75 Å². The summed E-state index contributed by atoms with van der Waals surface area (Å²) in [7, 11) is 0. The van der Waals surface area contributed by atoms with Crippen LogP contribution in [0.15, 0.2) is 30.9 Å². The van der Waals surface area contributed by atoms with Gasteiger partial charge in [0, 0.05) is 17.7 Å². The number of carbonyl (C=O) groups excluding carboxylic acids is 1. The monoisotopic (exact) mass is 251 g/mol. The highest BCUT2D eigenvalue weighted by Crippen LogP contribution is 2.24. The molecule has 0 heterocycles. The molecule has 0 saturated heterocycles. The molecular weight excluding hydrogens is 238 g/mol. The third kappa shape index (κ3) is 3.56. The molecule has 0 radical (unpaired) electrons. The summed E-state index contributed by atoms with van der Waals surface area (Å²) >= 11 is 0. The molecule has 0 aliphatic rings. The lowest BCUT2D eigenvalue weighted by Crippen LogP contribution is -2.34. The summed E-state index contributed by atoms with van der Waals surface area (Å²) in [5.74, 6) is 4.82. The highest BCUT2D eigenvalue weighted by Gasteiger charge is 2.11. The molecular formula is C11H13N3O4. The number of nitro benzene ring substituents is 1. The summed E-state index contributed by atoms with van der Waals surface area (Å²) < 4.78 is 5.21. The van der Waals surface area contributed by atoms with Crippen molar-refractivity contribution in [3.05, 3.63) is 46.5 Å². The van der Waals surface area contributed by atoms with Gasteiger partial charge in [0.15, 0.2) is 6.61 Å². The quantitative estimate of drug-likeness (QED) is 0.254. The number of nitrogens with zero attached hydrogens (tertiary/aromatic N) is 1. The van der Waals surface area contributed by atoms with Crippen molar-refractivity contribution in [2.75, 3.05) is 6.61 Å². The van der Waals surface area contributed by atoms with Crippen molar-refractivity contribution in [3.63, 3.8) is 0 Å². The van der Waals surface area contributed by atoms with Gasteiger partial charge < -0.3 is 4.74 Å². The summed E-state index contributed by atoms with van der Waals surface area (Å²) in [6.45, 7) is 3.31. The van der Waals surface area contributed by atoms with E-state index in [4.69, 9.17) is 10.6 Å². The molecule has 0 bridgehead atoms. The number of carbonyl (C=O) groups is 1. The van der Waals surface area contributed by atoms with Gasteiger partial charge in [0.05, 0.1) is 4.92 Å². The molecule has 0 saturated carbocycles. The Morgan fingerprint density at radius 3 is 2.89 bits per heavy atom. The van der Waals surface area contributed by atoms with Gasteiger partial charge >= 0.3 is 0 Å². The molecule has 0 aromatic heterocycles. The summed E-state index contributed by atoms with van der Waals surface area (Å²) in [4.78, 5) is 21.1. The Balaban J connectivity index is 2.92. The fourth-order valence-electron chi connectivity index (χ4n) is 1.32. The number of nitrogens with two attached hydrogens (primary N) is 1. The van der Waals surface area contributed by atoms with Gasteiger partial charge in [0.2, 0.25) is 0 Å². The molecule has 1 rings (SSSR count). The Morgan fingerprint density at radius 2 is 2.33 bits per heavy atom. The number of nitrogens with one attached hydrogen (secondary N) is 1. The number of hydrogen-bond acceptors (Lipinski definition) is 5. The Kier molecular flexibility index (Phi) is 4.82. The molecule has 0 atom stereocenters. The van der Waals surface area contributed by atoms with Gasteiger partial charge in [-0.2, -0.15) is 0 Å². The molecule has 1 aromatic carbocycles. The molecule has 0 unspecified atom stereocenters. The van der Waals surface area contributed by atoms with E-state index in [1.54, 1.807) is 6.08 Å². The van der Waals surface area contributed by atoms with Gasteiger partial charge in [-0.05, 0) is 12.5 Å². The second-order valence-corrected chi connectivity index (χ2v) is 3.40. The Labute approximate surface area is 103 Å². The van der Waals surface area contributed by atoms with E-state index in [-0.39, 0.29) is 12.3 Å². The van der Waals surface area contributed by atoms with E-state index >= 15 is 0 Å². The Hall–Kier alpha value is -2.41. The fourth-order valence-corrected chi connectivity index (χ4v) is 1.32. The zero-order valence-corrected chi connectivity index (χ0v) is 9.59. The van der Waals surface area contributed by atoms with Crippen LogP contribution < -0.4 is 16.0 Å². The van der Waals surface area contributed by atoms with E-state index in [0.29, 0.717) is 17.7 Å². The number of hydrogen-bond donors (Lipinski definition) is 2. The molecule has 0 aliphatic carbocycles. The summed E-state index contributed by atoms with van der Waals surface area (Å²) in [5, 5.41) is 10.6. The molecule has 0 spiro atoms. The van der Waals surface area contributed by atoms with Gasteiger partial charge in [-0.15, -0.1) is 6.58 Å². The lowest BCUT2D eigenvalue weighted by atomic mass is 10.1. The second kappa shape index (κ2) is 6.36. The standard InChI is InChI=1S/C11H13N3O4/c1-2-3-8-6-9(14(16)17)4-5-10(8)18-7-11(15)13-12/h2,4-6H,1,3,7,12H2,(H,13,15). The van der Waals surface area contributed by atoms with Crippen molar-refractivity contribution < 1.29 is 14.5 Å². The molecule has 0 aliphatic heterocycles. The maximum atomic E-state index is 10.9. The maximum absolute atomic E-state index is 10.9. The first-order chi connectivity index (χ1) is 8.58. The average molecular weight is 251 g/mol. The fraction of sp³-hybridized carbons (Fsp3) is 0.182. The number of ether oxygens (including phenoxy) is 1. The Morgan fingerprint density at radius 1 is 1.61 bits per heavy atom. The van der Waals surface area contributed by atoms with Crippen LogP contribution in [0.25, 0.3) is 0 Å². The predicted octanol–water partition coefficient (Wildman–Crippen LogP) is 0.692. The highest BCUT2D eigenvalue weighted by molar-refractivity contribution is 5.76. The van der Waals surface area contributed by atoms with Crippen molar-refractivity contribution in [2.24, 2.45) is 5.84 Å². The lowest BCUT2D eigenvalue weighted by molar-refractivity contribution is -0.384. The van der Waals surface area contributed by atoms with Crippen LogP contribution in [0.1, 0.15) is 5.56 Å². The number of rotatable bonds is 6. The van der Waals surface area contributed by atoms with Crippen LogP contribution in [0, 0.1) is 10.1 Å². The third-order valence-electron chi connectivity index (χ3n) is 2.14. The third-order valence-corrected chi connectivity index (χ3v) is 2.14. The van der Waals surface area contributed by atoms with Crippen LogP contribution in [0.3, 0.4) is 0 Å². The number of allylic oxidation sites excluding steroid dienone is 1. The molecule has 7 heteroatoms. The first-order valence-electron chi connectivity index (χ1n) is 5.09. The molecule has 7 nitrogen and oxygen atoms in total. The normalized spacial score (nSPS) is 9.61. The molecule has 18 heavy (non-hydrogen) atoms. The number of amides is 1. The van der Waals surface area contributed by atoms with Gasteiger partial charge in [-0.1, -0.05) is 6.08 Å². The minimum atomic E-state index is -0.497. The zero-order chi connectivity index (χ0) is 13.5. The van der Waals surface area contributed by atoms with Crippen molar-refractivity contribution in [1.29, 1.82) is 0 Å². The van der Waals surface area contributed by atoms with Gasteiger partial charge in [-0.3, -0.25) is 20.3 Å². The molecule has 1 amide bonds. The maximum Gasteiger partial charge on any atom is 0.271 e. The summed E-state index contributed by atoms with van der Waals surface area (Å²) in [5.41, 5.74) is 2.47. The largest absolute Gasteiger partial charge is 0.483 e. The van der Waals surface area contributed by atoms with Crippen molar-refractivity contribution in [2.45, 2.75) is 6.42 Å². The van der Waals surface area contributed by atoms with E-state index in [1.165, 1.54) is 18.2 Å². The van der Waals surface area contributed by atoms with Crippen LogP contribution in [-0.4, -0.2) is 17.4 Å². The van der Waals surface area contributed by atoms with E-state index in [0.717, 1.165) is 0 Å². The van der Waals surface area contributed by atoms with E-state index < -0.39 is 10.8 Å². The average Bonchev–Trinajstić information content (AvgIpc) is 2.36. The molecule has 96 valence electrons. The van der Waals surface area contributed by atoms with Crippen molar-refractivity contribution in [1.82, 2.24) is 5.43 Å². The molecule has 0 fully saturated rings. The first kappa shape index (κ1) is 13.7. The minimum Gasteiger partial charge on any atom is -0.483 e. The van der Waals surface area contributed by atoms with E-state index in [1.807, 2.05) is 5.43 Å². The predicted molar refractivity (Wildman–Crippen MR) is 64.8 cm³/mol. The topological polar surface area (TPSA) is 107 Å². The highest BCUT2D eigenvalue weighted by atomic mass is 16.6. The minimum absolute atomic E-state index is 0.0394. The molecule has 3 N–H and O–H groups in total. The van der Waals surface area contributed by atoms with Crippen LogP contribution >= 0.6 is 0 Å². The van der Waals surface area contributed by atoms with Crippen LogP contribution in [-0.2, 0) is 11.2 Å². The van der Waals surface area contributed by atoms with Gasteiger partial charge in [-0.25, -0.2) is 5.84 Å². The number of non-ortho nitro benzene ring substituents is 1. The van der Waals surface area contributed by atoms with Crippen LogP contribution in [0.5, 0.6) is 5.75 Å². The van der Waals surface area contributed by atoms with Crippen LogP contribution in [0.4, 0.5) is 5.69 Å². The van der Waals surface area contributed by atoms with E-state index in [2.05, 4.69) is 6.58 Å². The summed E-state index contributed by atoms with van der Waals surface area (Å²) in [6.07, 6.45) is 2.00. The number of nitro groups is 1. The van der Waals surface area contributed by atoms with Gasteiger partial charge in [0.25, 0.3) is 11.6 Å². The van der Waals surface area contributed by atoms with Crippen LogP contribution in [0.2, 0.25) is 0 Å². The Bertz CT molecular complexity index is 473. The van der Waals surface area contributed by atoms with E-state index in [9.17, 15) is 14.9 Å². The summed E-state index contributed by atoms with van der Waals surface area (Å²) in [6, 6.07) is 4.14. The first-order valence-corrected chi connectivity index (χ1v) is 5.09. The SMILES string of the molecule is C=CCc1cc([N+](=O)[O-])ccc1OCC(=O)NN. The lowest BCUT2D eigenvalue weighted by Gasteiger charge is -2.09. The second-order valence-electron chi connectivity index (χ2n) is 3.40. The molecule has 1 aromatic rings. The zero-order valence-electron chi connectivity index (χ0n) is 9.59. The van der Waals surface area contributed by atoms with Crippen molar-refractivity contribution >= 4 is 11.6 Å². The number of hydrazine groups is 1. The van der Waals surface area contributed by atoms with Gasteiger partial charge in [0.1, 0.15) is 5.75 Å². The smallest absolute Gasteiger partial charge is 0.271 e. The number of benzene rings is 1.